The molecule has 396 valence electrons. The van der Waals surface area contributed by atoms with Gasteiger partial charge in [-0.2, -0.15) is 0 Å². The van der Waals surface area contributed by atoms with E-state index < -0.39 is 66.1 Å². The predicted molar refractivity (Wildman–Crippen MR) is 264 cm³/mol. The summed E-state index contributed by atoms with van der Waals surface area (Å²) in [5.41, 5.74) is 6.34. The molecular formula is C50H65N7O16. The van der Waals surface area contributed by atoms with E-state index >= 15 is 0 Å². The number of carbonyl (C=O) groups excluding carboxylic acids is 7. The monoisotopic (exact) mass is 1020 g/mol. The van der Waals surface area contributed by atoms with Crippen LogP contribution in [0, 0.1) is 5.92 Å². The van der Waals surface area contributed by atoms with Crippen LogP contribution in [0.5, 0.6) is 28.7 Å². The molecule has 0 radical (unpaired) electrons. The Kier molecular flexibility index (Phi) is 20.9. The van der Waals surface area contributed by atoms with Crippen molar-refractivity contribution in [3.63, 3.8) is 0 Å². The van der Waals surface area contributed by atoms with Gasteiger partial charge in [0.05, 0.1) is 69.5 Å². The topological polar surface area (TPSA) is 305 Å². The lowest BCUT2D eigenvalue weighted by molar-refractivity contribution is -0.128. The van der Waals surface area contributed by atoms with E-state index in [1.54, 1.807) is 38.1 Å². The summed E-state index contributed by atoms with van der Waals surface area (Å²) < 4.78 is 38.8. The number of primary amides is 1. The Morgan fingerprint density at radius 1 is 0.726 bits per heavy atom. The number of rotatable bonds is 24. The number of nitrogens with zero attached hydrogens (tertiary/aromatic N) is 2. The van der Waals surface area contributed by atoms with Crippen LogP contribution in [0.4, 0.5) is 25.8 Å². The third-order valence-corrected chi connectivity index (χ3v) is 11.9. The van der Waals surface area contributed by atoms with Crippen LogP contribution in [0.25, 0.3) is 0 Å². The molecule has 0 saturated carbocycles. The molecule has 2 unspecified atom stereocenters. The molecule has 0 aliphatic carbocycles. The maximum Gasteiger partial charge on any atom is 0.411 e. The molecule has 2 aliphatic heterocycles. The number of methoxy groups -OCH3 is 2. The molecule has 2 aliphatic rings. The zero-order chi connectivity index (χ0) is 53.2. The van der Waals surface area contributed by atoms with Crippen molar-refractivity contribution in [1.29, 1.82) is 0 Å². The van der Waals surface area contributed by atoms with Crippen molar-refractivity contribution < 1.29 is 76.9 Å². The standard InChI is InChI=1S/C50H65N7O16/c1-7-19-71-50(66)55-43(29(2)3)45(61)52-30(4)44(60)53-32-15-13-31(14-16-32)28-72-49(65)54-37-24-41(39(67-5)22-35(37)46(62)56-17-8-11-33(56)26-58)69-20-10-21-70-42-25-38(73-48(51)64)36(23-40(42)68-6)47(63)57-18-9-12-34(57)27-59/h7,13-16,22-25,29-30,33-34,43,58-59H,1,8-12,17-21,26-28H2,2-6H3,(H2,51,64)(H,52,61)(H,53,60)(H,54,65)(H,55,66)/t30?,33-,34-,43?/m0/s1. The summed E-state index contributed by atoms with van der Waals surface area (Å²) in [5, 5.41) is 30.2. The van der Waals surface area contributed by atoms with Gasteiger partial charge in [-0.3, -0.25) is 24.5 Å². The number of hydrogen-bond acceptors (Lipinski definition) is 16. The van der Waals surface area contributed by atoms with E-state index in [-0.39, 0.29) is 97.5 Å². The fourth-order valence-corrected chi connectivity index (χ4v) is 8.04. The average molecular weight is 1020 g/mol. The number of likely N-dealkylation sites (tertiary alicyclic amines) is 2. The van der Waals surface area contributed by atoms with E-state index in [0.29, 0.717) is 50.0 Å². The Balaban J connectivity index is 1.22. The van der Waals surface area contributed by atoms with Gasteiger partial charge in [-0.25, -0.2) is 14.4 Å². The first-order valence-electron chi connectivity index (χ1n) is 23.7. The summed E-state index contributed by atoms with van der Waals surface area (Å²) in [6.07, 6.45) is 1.35. The number of carbonyl (C=O) groups is 7. The van der Waals surface area contributed by atoms with Gasteiger partial charge in [-0.05, 0) is 62.3 Å². The molecule has 73 heavy (non-hydrogen) atoms. The molecule has 23 heteroatoms. The highest BCUT2D eigenvalue weighted by atomic mass is 16.6. The molecule has 0 bridgehead atoms. The second kappa shape index (κ2) is 27.1. The number of aliphatic hydroxyl groups is 2. The Labute approximate surface area is 422 Å². The summed E-state index contributed by atoms with van der Waals surface area (Å²) in [6.45, 7) is 8.55. The van der Waals surface area contributed by atoms with Gasteiger partial charge in [0, 0.05) is 43.4 Å². The molecule has 8 N–H and O–H groups in total. The lowest BCUT2D eigenvalue weighted by Crippen LogP contribution is -2.53. The number of nitrogens with one attached hydrogen (secondary N) is 4. The molecule has 2 heterocycles. The van der Waals surface area contributed by atoms with Crippen molar-refractivity contribution in [1.82, 2.24) is 20.4 Å². The minimum absolute atomic E-state index is 0.00304. The summed E-state index contributed by atoms with van der Waals surface area (Å²) in [6, 6.07) is 9.15. The van der Waals surface area contributed by atoms with Crippen molar-refractivity contribution in [2.75, 3.05) is 71.0 Å². The third-order valence-electron chi connectivity index (χ3n) is 11.9. The normalized spacial score (nSPS) is 15.8. The van der Waals surface area contributed by atoms with E-state index in [1.807, 2.05) is 0 Å². The first-order valence-corrected chi connectivity index (χ1v) is 23.7. The van der Waals surface area contributed by atoms with Gasteiger partial charge < -0.3 is 74.9 Å². The zero-order valence-corrected chi connectivity index (χ0v) is 41.6. The molecular weight excluding hydrogens is 955 g/mol. The molecule has 5 rings (SSSR count). The van der Waals surface area contributed by atoms with Gasteiger partial charge in [-0.15, -0.1) is 0 Å². The number of benzene rings is 3. The van der Waals surface area contributed by atoms with Crippen LogP contribution >= 0.6 is 0 Å². The Morgan fingerprint density at radius 3 is 1.85 bits per heavy atom. The number of ether oxygens (including phenoxy) is 7. The number of amides is 7. The zero-order valence-electron chi connectivity index (χ0n) is 41.6. The van der Waals surface area contributed by atoms with Crippen molar-refractivity contribution in [2.24, 2.45) is 11.7 Å². The fraction of sp³-hybridized carbons (Fsp3) is 0.460. The van der Waals surface area contributed by atoms with Crippen LogP contribution in [0.15, 0.2) is 61.2 Å². The van der Waals surface area contributed by atoms with Crippen molar-refractivity contribution in [2.45, 2.75) is 83.6 Å². The van der Waals surface area contributed by atoms with Gasteiger partial charge >= 0.3 is 18.3 Å². The molecule has 0 spiro atoms. The Bertz CT molecular complexity index is 2450. The van der Waals surface area contributed by atoms with Crippen LogP contribution in [-0.4, -0.2) is 146 Å². The first kappa shape index (κ1) is 56.1. The van der Waals surface area contributed by atoms with E-state index in [2.05, 4.69) is 27.8 Å². The van der Waals surface area contributed by atoms with Gasteiger partial charge in [0.25, 0.3) is 11.8 Å². The van der Waals surface area contributed by atoms with Gasteiger partial charge in [0.2, 0.25) is 11.8 Å². The molecule has 3 aromatic rings. The summed E-state index contributed by atoms with van der Waals surface area (Å²) >= 11 is 0. The fourth-order valence-electron chi connectivity index (χ4n) is 8.04. The molecule has 4 atom stereocenters. The lowest BCUT2D eigenvalue weighted by Gasteiger charge is -2.25. The quantitative estimate of drug-likeness (QED) is 0.0485. The second-order valence-electron chi connectivity index (χ2n) is 17.3. The molecule has 23 nitrogen and oxygen atoms in total. The van der Waals surface area contributed by atoms with E-state index in [0.717, 1.165) is 0 Å². The first-order chi connectivity index (χ1) is 35.0. The molecule has 7 amide bonds. The molecule has 3 aromatic carbocycles. The number of hydrogen-bond donors (Lipinski definition) is 7. The van der Waals surface area contributed by atoms with E-state index in [1.165, 1.54) is 61.3 Å². The summed E-state index contributed by atoms with van der Waals surface area (Å²) in [7, 11) is 2.77. The minimum atomic E-state index is -1.15. The Morgan fingerprint density at radius 2 is 1.30 bits per heavy atom. The van der Waals surface area contributed by atoms with Crippen LogP contribution in [0.2, 0.25) is 0 Å². The average Bonchev–Trinajstić information content (AvgIpc) is 4.07. The van der Waals surface area contributed by atoms with E-state index in [4.69, 9.17) is 38.9 Å². The highest BCUT2D eigenvalue weighted by Crippen LogP contribution is 2.38. The van der Waals surface area contributed by atoms with Crippen LogP contribution in [0.3, 0.4) is 0 Å². The second-order valence-corrected chi connectivity index (χ2v) is 17.3. The smallest absolute Gasteiger partial charge is 0.411 e. The molecule has 0 aromatic heterocycles. The maximum atomic E-state index is 14.0. The number of nitrogens with two attached hydrogens (primary N) is 1. The molecule has 2 fully saturated rings. The van der Waals surface area contributed by atoms with Gasteiger partial charge in [0.1, 0.15) is 31.0 Å². The van der Waals surface area contributed by atoms with Crippen molar-refractivity contribution in [3.05, 3.63) is 77.9 Å². The summed E-state index contributed by atoms with van der Waals surface area (Å²) in [5.74, 6) is -1.90. The largest absolute Gasteiger partial charge is 0.493 e. The highest BCUT2D eigenvalue weighted by Gasteiger charge is 2.34. The van der Waals surface area contributed by atoms with E-state index in [9.17, 15) is 43.8 Å². The lowest BCUT2D eigenvalue weighted by atomic mass is 10.0. The number of alkyl carbamates (subject to hydrolysis) is 1. The summed E-state index contributed by atoms with van der Waals surface area (Å²) in [4.78, 5) is 93.7. The van der Waals surface area contributed by atoms with Crippen molar-refractivity contribution >= 4 is 53.3 Å². The SMILES string of the molecule is C=CCOC(=O)NC(C(=O)NC(C)C(=O)Nc1ccc(COC(=O)Nc2cc(OCCCOc3cc(OC(N)=O)c(C(=O)N4CCC[C@H]4CO)cc3OC)c(OC)cc2C(=O)N2CCC[C@H]2CO)cc1)C(C)C. The highest BCUT2D eigenvalue weighted by molar-refractivity contribution is 6.04. The minimum Gasteiger partial charge on any atom is -0.493 e. The van der Waals surface area contributed by atoms with Gasteiger partial charge in [0.15, 0.2) is 23.0 Å². The maximum absolute atomic E-state index is 14.0. The number of anilines is 2. The van der Waals surface area contributed by atoms with Gasteiger partial charge in [-0.1, -0.05) is 38.6 Å². The molecule has 2 saturated heterocycles. The predicted octanol–water partition coefficient (Wildman–Crippen LogP) is 4.33. The van der Waals surface area contributed by atoms with Crippen molar-refractivity contribution in [3.8, 4) is 28.7 Å². The van der Waals surface area contributed by atoms with Crippen LogP contribution in [0.1, 0.15) is 79.2 Å². The third kappa shape index (κ3) is 15.4. The van der Waals surface area contributed by atoms with Crippen LogP contribution < -0.4 is 50.7 Å². The Hall–Kier alpha value is -7.79. The van der Waals surface area contributed by atoms with Crippen LogP contribution in [-0.2, 0) is 25.7 Å². The number of aliphatic hydroxyl groups excluding tert-OH is 2.